The largest absolute Gasteiger partial charge is 0.324 e. The first-order valence-corrected chi connectivity index (χ1v) is 7.94. The average Bonchev–Trinajstić information content (AvgIpc) is 2.63. The highest BCUT2D eigenvalue weighted by Crippen LogP contribution is 2.24. The van der Waals surface area contributed by atoms with E-state index in [0.29, 0.717) is 5.95 Å². The van der Waals surface area contributed by atoms with Crippen molar-refractivity contribution >= 4 is 22.4 Å². The van der Waals surface area contributed by atoms with E-state index in [1.54, 1.807) is 6.20 Å². The van der Waals surface area contributed by atoms with Crippen LogP contribution in [-0.2, 0) is 0 Å². The number of benzene rings is 3. The molecule has 3 heteroatoms. The molecule has 3 nitrogen and oxygen atoms in total. The maximum atomic E-state index is 4.65. The zero-order valence-corrected chi connectivity index (χ0v) is 13.4. The van der Waals surface area contributed by atoms with Gasteiger partial charge in [0, 0.05) is 17.4 Å². The number of anilines is 2. The number of aromatic nitrogens is 2. The van der Waals surface area contributed by atoms with Crippen LogP contribution in [0.4, 0.5) is 11.6 Å². The third kappa shape index (κ3) is 2.97. The SMILES string of the molecule is Cc1ccc(Nc2nccc(-c3ccc4ccccc4c3)n2)cc1. The second-order valence-electron chi connectivity index (χ2n) is 5.82. The van der Waals surface area contributed by atoms with Crippen molar-refractivity contribution in [2.24, 2.45) is 0 Å². The highest BCUT2D eigenvalue weighted by molar-refractivity contribution is 5.86. The van der Waals surface area contributed by atoms with Crippen molar-refractivity contribution in [3.05, 3.63) is 84.6 Å². The average molecular weight is 311 g/mol. The fourth-order valence-electron chi connectivity index (χ4n) is 2.69. The summed E-state index contributed by atoms with van der Waals surface area (Å²) < 4.78 is 0. The first-order chi connectivity index (χ1) is 11.8. The molecule has 0 aliphatic rings. The second kappa shape index (κ2) is 6.13. The van der Waals surface area contributed by atoms with Gasteiger partial charge in [0.05, 0.1) is 5.69 Å². The Morgan fingerprint density at radius 2 is 1.58 bits per heavy atom. The molecule has 1 aromatic heterocycles. The molecule has 0 saturated heterocycles. The van der Waals surface area contributed by atoms with Crippen molar-refractivity contribution < 1.29 is 0 Å². The standard InChI is InChI=1S/C21H17N3/c1-15-6-10-19(11-7-15)23-21-22-13-12-20(24-21)18-9-8-16-4-2-3-5-17(16)14-18/h2-14H,1H3,(H,22,23,24). The van der Waals surface area contributed by atoms with E-state index in [0.717, 1.165) is 16.9 Å². The summed E-state index contributed by atoms with van der Waals surface area (Å²) in [6.07, 6.45) is 1.79. The number of fused-ring (bicyclic) bond motifs is 1. The van der Waals surface area contributed by atoms with E-state index in [9.17, 15) is 0 Å². The summed E-state index contributed by atoms with van der Waals surface area (Å²) in [6, 6.07) is 24.8. The van der Waals surface area contributed by atoms with Crippen LogP contribution in [0.2, 0.25) is 0 Å². The van der Waals surface area contributed by atoms with E-state index < -0.39 is 0 Å². The molecule has 4 rings (SSSR count). The summed E-state index contributed by atoms with van der Waals surface area (Å²) in [5.41, 5.74) is 4.20. The zero-order chi connectivity index (χ0) is 16.4. The van der Waals surface area contributed by atoms with E-state index in [2.05, 4.69) is 76.8 Å². The number of rotatable bonds is 3. The van der Waals surface area contributed by atoms with E-state index in [-0.39, 0.29) is 0 Å². The van der Waals surface area contributed by atoms with Crippen LogP contribution in [0.15, 0.2) is 79.0 Å². The molecule has 24 heavy (non-hydrogen) atoms. The van der Waals surface area contributed by atoms with Crippen LogP contribution in [0, 0.1) is 6.92 Å². The van der Waals surface area contributed by atoms with Gasteiger partial charge in [-0.15, -0.1) is 0 Å². The summed E-state index contributed by atoms with van der Waals surface area (Å²) in [5.74, 6) is 0.601. The van der Waals surface area contributed by atoms with Crippen LogP contribution >= 0.6 is 0 Å². The van der Waals surface area contributed by atoms with Gasteiger partial charge in [0.1, 0.15) is 0 Å². The number of hydrogen-bond acceptors (Lipinski definition) is 3. The molecular weight excluding hydrogens is 294 g/mol. The lowest BCUT2D eigenvalue weighted by Crippen LogP contribution is -1.97. The molecule has 0 aliphatic heterocycles. The summed E-state index contributed by atoms with van der Waals surface area (Å²) in [5, 5.41) is 5.70. The molecule has 1 N–H and O–H groups in total. The summed E-state index contributed by atoms with van der Waals surface area (Å²) in [6.45, 7) is 2.07. The second-order valence-corrected chi connectivity index (χ2v) is 5.82. The third-order valence-electron chi connectivity index (χ3n) is 4.01. The van der Waals surface area contributed by atoms with Crippen LogP contribution in [0.5, 0.6) is 0 Å². The summed E-state index contributed by atoms with van der Waals surface area (Å²) in [4.78, 5) is 8.97. The molecule has 116 valence electrons. The lowest BCUT2D eigenvalue weighted by molar-refractivity contribution is 1.17. The van der Waals surface area contributed by atoms with Gasteiger partial charge in [-0.3, -0.25) is 0 Å². The molecule has 0 aliphatic carbocycles. The number of aryl methyl sites for hydroxylation is 1. The van der Waals surface area contributed by atoms with Crippen LogP contribution in [0.25, 0.3) is 22.0 Å². The van der Waals surface area contributed by atoms with Crippen LogP contribution < -0.4 is 5.32 Å². The Kier molecular flexibility index (Phi) is 3.67. The number of hydrogen-bond donors (Lipinski definition) is 1. The summed E-state index contributed by atoms with van der Waals surface area (Å²) >= 11 is 0. The lowest BCUT2D eigenvalue weighted by atomic mass is 10.1. The minimum atomic E-state index is 0.601. The molecule has 0 saturated carbocycles. The van der Waals surface area contributed by atoms with Crippen molar-refractivity contribution in [3.8, 4) is 11.3 Å². The Hall–Kier alpha value is -3.20. The van der Waals surface area contributed by atoms with Gasteiger partial charge in [-0.25, -0.2) is 9.97 Å². The maximum absolute atomic E-state index is 4.65. The number of nitrogens with zero attached hydrogens (tertiary/aromatic N) is 2. The molecule has 3 aromatic carbocycles. The van der Waals surface area contributed by atoms with Crippen molar-refractivity contribution in [2.45, 2.75) is 6.92 Å². The quantitative estimate of drug-likeness (QED) is 0.554. The van der Waals surface area contributed by atoms with Gasteiger partial charge in [-0.05, 0) is 42.0 Å². The molecule has 0 spiro atoms. The Morgan fingerprint density at radius 1 is 0.792 bits per heavy atom. The first-order valence-electron chi connectivity index (χ1n) is 7.94. The highest BCUT2D eigenvalue weighted by atomic mass is 15.1. The van der Waals surface area contributed by atoms with Crippen LogP contribution in [-0.4, -0.2) is 9.97 Å². The minimum Gasteiger partial charge on any atom is -0.324 e. The third-order valence-corrected chi connectivity index (χ3v) is 4.01. The molecule has 4 aromatic rings. The Balaban J connectivity index is 1.67. The smallest absolute Gasteiger partial charge is 0.227 e. The Labute approximate surface area is 141 Å². The number of nitrogens with one attached hydrogen (secondary N) is 1. The Bertz CT molecular complexity index is 991. The van der Waals surface area contributed by atoms with Crippen molar-refractivity contribution in [3.63, 3.8) is 0 Å². The van der Waals surface area contributed by atoms with Crippen molar-refractivity contribution in [1.82, 2.24) is 9.97 Å². The summed E-state index contributed by atoms with van der Waals surface area (Å²) in [7, 11) is 0. The van der Waals surface area contributed by atoms with Gasteiger partial charge in [-0.1, -0.05) is 54.1 Å². The van der Waals surface area contributed by atoms with Crippen molar-refractivity contribution in [1.29, 1.82) is 0 Å². The fourth-order valence-corrected chi connectivity index (χ4v) is 2.69. The molecule has 0 amide bonds. The van der Waals surface area contributed by atoms with Gasteiger partial charge >= 0.3 is 0 Å². The first kappa shape index (κ1) is 14.4. The van der Waals surface area contributed by atoms with Crippen LogP contribution in [0.1, 0.15) is 5.56 Å². The predicted octanol–water partition coefficient (Wildman–Crippen LogP) is 5.35. The van der Waals surface area contributed by atoms with Gasteiger partial charge in [0.25, 0.3) is 0 Å². The van der Waals surface area contributed by atoms with E-state index in [1.165, 1.54) is 16.3 Å². The van der Waals surface area contributed by atoms with Gasteiger partial charge in [-0.2, -0.15) is 0 Å². The van der Waals surface area contributed by atoms with Gasteiger partial charge < -0.3 is 5.32 Å². The lowest BCUT2D eigenvalue weighted by Gasteiger charge is -2.08. The molecule has 1 heterocycles. The fraction of sp³-hybridized carbons (Fsp3) is 0.0476. The van der Waals surface area contributed by atoms with E-state index >= 15 is 0 Å². The van der Waals surface area contributed by atoms with Crippen molar-refractivity contribution in [2.75, 3.05) is 5.32 Å². The maximum Gasteiger partial charge on any atom is 0.227 e. The monoisotopic (exact) mass is 311 g/mol. The normalized spacial score (nSPS) is 10.7. The molecule has 0 bridgehead atoms. The molecule has 0 radical (unpaired) electrons. The van der Waals surface area contributed by atoms with E-state index in [4.69, 9.17) is 0 Å². The highest BCUT2D eigenvalue weighted by Gasteiger charge is 2.04. The minimum absolute atomic E-state index is 0.601. The van der Waals surface area contributed by atoms with Gasteiger partial charge in [0.2, 0.25) is 5.95 Å². The van der Waals surface area contributed by atoms with Gasteiger partial charge in [0.15, 0.2) is 0 Å². The zero-order valence-electron chi connectivity index (χ0n) is 13.4. The molecule has 0 atom stereocenters. The predicted molar refractivity (Wildman–Crippen MR) is 99.4 cm³/mol. The van der Waals surface area contributed by atoms with Crippen LogP contribution in [0.3, 0.4) is 0 Å². The molecule has 0 unspecified atom stereocenters. The molecule has 0 fully saturated rings. The topological polar surface area (TPSA) is 37.8 Å². The molecular formula is C21H17N3. The van der Waals surface area contributed by atoms with E-state index in [1.807, 2.05) is 18.2 Å². The Morgan fingerprint density at radius 3 is 2.42 bits per heavy atom.